The van der Waals surface area contributed by atoms with Crippen molar-refractivity contribution in [1.29, 1.82) is 0 Å². The average Bonchev–Trinajstić information content (AvgIpc) is 2.81. The highest BCUT2D eigenvalue weighted by Crippen LogP contribution is 2.28. The number of hydrogen-bond acceptors (Lipinski definition) is 3. The van der Waals surface area contributed by atoms with Crippen LogP contribution in [0.4, 0.5) is 16.0 Å². The smallest absolute Gasteiger partial charge is 0.205 e. The third-order valence-electron chi connectivity index (χ3n) is 2.80. The molecule has 0 fully saturated rings. The molecule has 0 saturated carbocycles. The monoisotopic (exact) mass is 257 g/mol. The topological polar surface area (TPSA) is 49.9 Å². The third kappa shape index (κ3) is 2.22. The van der Waals surface area contributed by atoms with Gasteiger partial charge in [-0.3, -0.25) is 0 Å². The van der Waals surface area contributed by atoms with Crippen molar-refractivity contribution in [3.8, 4) is 5.75 Å². The normalized spacial score (nSPS) is 10.6. The van der Waals surface area contributed by atoms with Crippen molar-refractivity contribution in [3.63, 3.8) is 0 Å². The minimum Gasteiger partial charge on any atom is -0.495 e. The van der Waals surface area contributed by atoms with Crippen molar-refractivity contribution in [2.45, 2.75) is 0 Å². The SMILES string of the molecule is COc1ccc(F)cc1Nc1nc2ccccc2[nH]1. The van der Waals surface area contributed by atoms with E-state index in [-0.39, 0.29) is 5.82 Å². The maximum Gasteiger partial charge on any atom is 0.205 e. The predicted molar refractivity (Wildman–Crippen MR) is 72.3 cm³/mol. The van der Waals surface area contributed by atoms with Gasteiger partial charge in [-0.2, -0.15) is 0 Å². The molecule has 0 aliphatic heterocycles. The number of hydrogen-bond donors (Lipinski definition) is 2. The first-order valence-electron chi connectivity index (χ1n) is 5.81. The Kier molecular flexibility index (Phi) is 2.79. The molecule has 5 heteroatoms. The highest BCUT2D eigenvalue weighted by molar-refractivity contribution is 5.78. The quantitative estimate of drug-likeness (QED) is 0.755. The molecule has 0 radical (unpaired) electrons. The molecular weight excluding hydrogens is 245 g/mol. The van der Waals surface area contributed by atoms with Crippen LogP contribution in [-0.2, 0) is 0 Å². The molecule has 0 bridgehead atoms. The van der Waals surface area contributed by atoms with Crippen molar-refractivity contribution >= 4 is 22.7 Å². The number of anilines is 2. The van der Waals surface area contributed by atoms with E-state index in [1.165, 1.54) is 19.2 Å². The summed E-state index contributed by atoms with van der Waals surface area (Å²) in [7, 11) is 1.54. The molecule has 3 aromatic rings. The molecule has 0 spiro atoms. The third-order valence-corrected chi connectivity index (χ3v) is 2.80. The summed E-state index contributed by atoms with van der Waals surface area (Å²) < 4.78 is 18.4. The molecule has 19 heavy (non-hydrogen) atoms. The summed E-state index contributed by atoms with van der Waals surface area (Å²) in [6.45, 7) is 0. The Morgan fingerprint density at radius 2 is 2.05 bits per heavy atom. The highest BCUT2D eigenvalue weighted by atomic mass is 19.1. The van der Waals surface area contributed by atoms with Gasteiger partial charge in [0.2, 0.25) is 5.95 Å². The molecule has 1 heterocycles. The minimum atomic E-state index is -0.334. The van der Waals surface area contributed by atoms with E-state index >= 15 is 0 Å². The number of methoxy groups -OCH3 is 1. The zero-order valence-corrected chi connectivity index (χ0v) is 10.3. The molecule has 0 saturated heterocycles. The van der Waals surface area contributed by atoms with E-state index in [0.717, 1.165) is 11.0 Å². The van der Waals surface area contributed by atoms with Crippen LogP contribution in [0.15, 0.2) is 42.5 Å². The number of halogens is 1. The lowest BCUT2D eigenvalue weighted by Crippen LogP contribution is -1.96. The van der Waals surface area contributed by atoms with Gasteiger partial charge in [-0.25, -0.2) is 9.37 Å². The molecular formula is C14H12FN3O. The number of para-hydroxylation sites is 2. The first-order valence-corrected chi connectivity index (χ1v) is 5.81. The zero-order chi connectivity index (χ0) is 13.2. The number of ether oxygens (including phenoxy) is 1. The molecule has 0 atom stereocenters. The van der Waals surface area contributed by atoms with Gasteiger partial charge in [-0.15, -0.1) is 0 Å². The Labute approximate surface area is 109 Å². The van der Waals surface area contributed by atoms with Gasteiger partial charge in [0.25, 0.3) is 0 Å². The van der Waals surface area contributed by atoms with Crippen LogP contribution in [0.5, 0.6) is 5.75 Å². The van der Waals surface area contributed by atoms with E-state index in [1.807, 2.05) is 24.3 Å². The second kappa shape index (κ2) is 4.61. The van der Waals surface area contributed by atoms with Gasteiger partial charge in [0.15, 0.2) is 0 Å². The second-order valence-corrected chi connectivity index (χ2v) is 4.07. The molecule has 3 rings (SSSR count). The fourth-order valence-corrected chi connectivity index (χ4v) is 1.92. The van der Waals surface area contributed by atoms with Gasteiger partial charge in [-0.05, 0) is 24.3 Å². The van der Waals surface area contributed by atoms with Gasteiger partial charge in [0, 0.05) is 6.07 Å². The standard InChI is InChI=1S/C14H12FN3O/c1-19-13-7-6-9(15)8-12(13)18-14-16-10-4-2-3-5-11(10)17-14/h2-8H,1H3,(H2,16,17,18). The van der Waals surface area contributed by atoms with Crippen LogP contribution >= 0.6 is 0 Å². The molecule has 1 aromatic heterocycles. The number of benzene rings is 2. The molecule has 0 aliphatic rings. The lowest BCUT2D eigenvalue weighted by atomic mass is 10.3. The Hall–Kier alpha value is -2.56. The molecule has 0 unspecified atom stereocenters. The second-order valence-electron chi connectivity index (χ2n) is 4.07. The number of rotatable bonds is 3. The van der Waals surface area contributed by atoms with E-state index in [0.29, 0.717) is 17.4 Å². The molecule has 0 amide bonds. The summed E-state index contributed by atoms with van der Waals surface area (Å²) in [5.74, 6) is 0.770. The fourth-order valence-electron chi connectivity index (χ4n) is 1.92. The number of imidazole rings is 1. The lowest BCUT2D eigenvalue weighted by Gasteiger charge is -2.08. The van der Waals surface area contributed by atoms with Crippen LogP contribution in [0.1, 0.15) is 0 Å². The van der Waals surface area contributed by atoms with Gasteiger partial charge < -0.3 is 15.0 Å². The Bertz CT molecular complexity index is 691. The van der Waals surface area contributed by atoms with Crippen molar-refractivity contribution in [3.05, 3.63) is 48.3 Å². The van der Waals surface area contributed by atoms with Crippen molar-refractivity contribution < 1.29 is 9.13 Å². The minimum absolute atomic E-state index is 0.334. The number of aromatic nitrogens is 2. The van der Waals surface area contributed by atoms with E-state index in [9.17, 15) is 4.39 Å². The van der Waals surface area contributed by atoms with Crippen molar-refractivity contribution in [1.82, 2.24) is 9.97 Å². The van der Waals surface area contributed by atoms with Crippen LogP contribution < -0.4 is 10.1 Å². The van der Waals surface area contributed by atoms with Gasteiger partial charge in [-0.1, -0.05) is 12.1 Å². The fraction of sp³-hybridized carbons (Fsp3) is 0.0714. The van der Waals surface area contributed by atoms with E-state index in [4.69, 9.17) is 4.74 Å². The molecule has 0 aliphatic carbocycles. The van der Waals surface area contributed by atoms with E-state index in [1.54, 1.807) is 6.07 Å². The first kappa shape index (κ1) is 11.5. The number of fused-ring (bicyclic) bond motifs is 1. The summed E-state index contributed by atoms with van der Waals surface area (Å²) in [6.07, 6.45) is 0. The summed E-state index contributed by atoms with van der Waals surface area (Å²) in [4.78, 5) is 7.48. The maximum absolute atomic E-state index is 13.3. The van der Waals surface area contributed by atoms with Crippen LogP contribution in [0.25, 0.3) is 11.0 Å². The predicted octanol–water partition coefficient (Wildman–Crippen LogP) is 3.45. The molecule has 4 nitrogen and oxygen atoms in total. The zero-order valence-electron chi connectivity index (χ0n) is 10.3. The van der Waals surface area contributed by atoms with E-state index < -0.39 is 0 Å². The Balaban J connectivity index is 1.98. The summed E-state index contributed by atoms with van der Waals surface area (Å²) >= 11 is 0. The molecule has 2 N–H and O–H groups in total. The highest BCUT2D eigenvalue weighted by Gasteiger charge is 2.07. The van der Waals surface area contributed by atoms with Crippen molar-refractivity contribution in [2.75, 3.05) is 12.4 Å². The number of aromatic amines is 1. The van der Waals surface area contributed by atoms with Crippen LogP contribution in [-0.4, -0.2) is 17.1 Å². The number of nitrogens with zero attached hydrogens (tertiary/aromatic N) is 1. The van der Waals surface area contributed by atoms with Gasteiger partial charge in [0.05, 0.1) is 23.8 Å². The van der Waals surface area contributed by atoms with Crippen LogP contribution in [0.3, 0.4) is 0 Å². The first-order chi connectivity index (χ1) is 9.26. The van der Waals surface area contributed by atoms with Gasteiger partial charge in [0.1, 0.15) is 11.6 Å². The summed E-state index contributed by atoms with van der Waals surface area (Å²) in [5, 5.41) is 3.02. The summed E-state index contributed by atoms with van der Waals surface area (Å²) in [5.41, 5.74) is 2.29. The number of H-pyrrole nitrogens is 1. The van der Waals surface area contributed by atoms with Gasteiger partial charge >= 0.3 is 0 Å². The maximum atomic E-state index is 13.3. The van der Waals surface area contributed by atoms with E-state index in [2.05, 4.69) is 15.3 Å². The summed E-state index contributed by atoms with van der Waals surface area (Å²) in [6, 6.07) is 12.0. The van der Waals surface area contributed by atoms with Crippen molar-refractivity contribution in [2.24, 2.45) is 0 Å². The van der Waals surface area contributed by atoms with Crippen LogP contribution in [0, 0.1) is 5.82 Å². The number of nitrogens with one attached hydrogen (secondary N) is 2. The average molecular weight is 257 g/mol. The van der Waals surface area contributed by atoms with Crippen LogP contribution in [0.2, 0.25) is 0 Å². The lowest BCUT2D eigenvalue weighted by molar-refractivity contribution is 0.415. The Morgan fingerprint density at radius 3 is 2.84 bits per heavy atom. The Morgan fingerprint density at radius 1 is 1.21 bits per heavy atom. The molecule has 2 aromatic carbocycles. The molecule has 96 valence electrons. The largest absolute Gasteiger partial charge is 0.495 e.